The first-order valence-electron chi connectivity index (χ1n) is 8.60. The minimum absolute atomic E-state index is 0.0589. The number of thiophene rings is 1. The molecule has 1 amide bonds. The average Bonchev–Trinajstić information content (AvgIpc) is 3.24. The van der Waals surface area contributed by atoms with Gasteiger partial charge in [0.05, 0.1) is 17.1 Å². The summed E-state index contributed by atoms with van der Waals surface area (Å²) < 4.78 is 0. The molecule has 2 aromatic heterocycles. The first-order valence-corrected chi connectivity index (χ1v) is 10.4. The molecule has 24 heavy (non-hydrogen) atoms. The summed E-state index contributed by atoms with van der Waals surface area (Å²) in [6.07, 6.45) is 2.39. The molecule has 1 unspecified atom stereocenters. The molecule has 130 valence electrons. The summed E-state index contributed by atoms with van der Waals surface area (Å²) in [5, 5.41) is 8.42. The molecule has 0 saturated carbocycles. The lowest BCUT2D eigenvalue weighted by atomic mass is 9.98. The third-order valence-electron chi connectivity index (χ3n) is 4.42. The topological polar surface area (TPSA) is 45.2 Å². The van der Waals surface area contributed by atoms with Gasteiger partial charge < -0.3 is 5.32 Å². The predicted molar refractivity (Wildman–Crippen MR) is 101 cm³/mol. The van der Waals surface area contributed by atoms with Crippen molar-refractivity contribution in [2.75, 3.05) is 19.6 Å². The van der Waals surface area contributed by atoms with Gasteiger partial charge in [0.25, 0.3) is 5.91 Å². The summed E-state index contributed by atoms with van der Waals surface area (Å²) in [6.45, 7) is 8.25. The van der Waals surface area contributed by atoms with E-state index in [2.05, 4.69) is 29.4 Å². The van der Waals surface area contributed by atoms with E-state index >= 15 is 0 Å². The molecule has 1 saturated heterocycles. The van der Waals surface area contributed by atoms with Crippen molar-refractivity contribution >= 4 is 28.6 Å². The Morgan fingerprint density at radius 2 is 2.33 bits per heavy atom. The normalized spacial score (nSPS) is 18.9. The summed E-state index contributed by atoms with van der Waals surface area (Å²) in [5.74, 6) is 1.09. The molecule has 1 atom stereocenters. The third-order valence-corrected chi connectivity index (χ3v) is 6.14. The van der Waals surface area contributed by atoms with Crippen molar-refractivity contribution in [3.63, 3.8) is 0 Å². The van der Waals surface area contributed by atoms with Crippen molar-refractivity contribution in [3.05, 3.63) is 38.5 Å². The van der Waals surface area contributed by atoms with Crippen molar-refractivity contribution < 1.29 is 4.79 Å². The molecule has 6 heteroatoms. The lowest BCUT2D eigenvalue weighted by Crippen LogP contribution is -2.40. The van der Waals surface area contributed by atoms with Crippen molar-refractivity contribution in [1.82, 2.24) is 15.2 Å². The Bertz CT molecular complexity index is 651. The highest BCUT2D eigenvalue weighted by atomic mass is 32.1. The van der Waals surface area contributed by atoms with Crippen LogP contribution in [-0.4, -0.2) is 35.4 Å². The molecule has 0 bridgehead atoms. The van der Waals surface area contributed by atoms with Gasteiger partial charge in [0, 0.05) is 18.5 Å². The molecule has 0 spiro atoms. The summed E-state index contributed by atoms with van der Waals surface area (Å²) in [7, 11) is 0. The summed E-state index contributed by atoms with van der Waals surface area (Å²) in [4.78, 5) is 20.1. The number of thiazole rings is 1. The van der Waals surface area contributed by atoms with Gasteiger partial charge in [0.2, 0.25) is 0 Å². The van der Waals surface area contributed by atoms with E-state index in [4.69, 9.17) is 4.98 Å². The van der Waals surface area contributed by atoms with Crippen molar-refractivity contribution in [1.29, 1.82) is 0 Å². The number of amides is 1. The van der Waals surface area contributed by atoms with Crippen LogP contribution in [0.1, 0.15) is 53.0 Å². The minimum atomic E-state index is 0.0589. The number of likely N-dealkylation sites (tertiary alicyclic amines) is 1. The second kappa shape index (κ2) is 8.23. The smallest absolute Gasteiger partial charge is 0.261 e. The van der Waals surface area contributed by atoms with Crippen LogP contribution in [0.2, 0.25) is 0 Å². The molecule has 1 fully saturated rings. The number of hydrogen-bond acceptors (Lipinski definition) is 5. The van der Waals surface area contributed by atoms with Crippen LogP contribution < -0.4 is 5.32 Å². The van der Waals surface area contributed by atoms with E-state index in [0.717, 1.165) is 31.1 Å². The first-order chi connectivity index (χ1) is 11.6. The van der Waals surface area contributed by atoms with Crippen molar-refractivity contribution in [2.24, 2.45) is 5.92 Å². The second-order valence-corrected chi connectivity index (χ2v) is 8.64. The molecule has 0 radical (unpaired) electrons. The Morgan fingerprint density at radius 1 is 1.46 bits per heavy atom. The number of carbonyl (C=O) groups excluding carboxylic acids is 1. The monoisotopic (exact) mass is 363 g/mol. The molecule has 3 heterocycles. The second-order valence-electron chi connectivity index (χ2n) is 6.75. The van der Waals surface area contributed by atoms with Gasteiger partial charge in [-0.1, -0.05) is 19.9 Å². The van der Waals surface area contributed by atoms with Gasteiger partial charge in [0.1, 0.15) is 5.01 Å². The molecule has 0 aromatic carbocycles. The van der Waals surface area contributed by atoms with Gasteiger partial charge >= 0.3 is 0 Å². The maximum Gasteiger partial charge on any atom is 0.261 e. The lowest BCUT2D eigenvalue weighted by molar-refractivity contribution is 0.0934. The maximum atomic E-state index is 12.1. The highest BCUT2D eigenvalue weighted by Crippen LogP contribution is 2.22. The number of rotatable bonds is 6. The van der Waals surface area contributed by atoms with Crippen LogP contribution in [0.15, 0.2) is 22.9 Å². The molecule has 1 N–H and O–H groups in total. The van der Waals surface area contributed by atoms with Gasteiger partial charge in [-0.05, 0) is 42.7 Å². The summed E-state index contributed by atoms with van der Waals surface area (Å²) in [5.41, 5.74) is 1.20. The van der Waals surface area contributed by atoms with Crippen molar-refractivity contribution in [2.45, 2.75) is 39.2 Å². The highest BCUT2D eigenvalue weighted by Gasteiger charge is 2.21. The fourth-order valence-corrected chi connectivity index (χ4v) is 4.68. The molecular weight excluding hydrogens is 338 g/mol. The predicted octanol–water partition coefficient (Wildman–Crippen LogP) is 3.97. The molecule has 0 aliphatic carbocycles. The molecule has 1 aliphatic heterocycles. The Balaban J connectivity index is 1.48. The van der Waals surface area contributed by atoms with Gasteiger partial charge in [0.15, 0.2) is 0 Å². The quantitative estimate of drug-likeness (QED) is 0.845. The molecule has 2 aromatic rings. The summed E-state index contributed by atoms with van der Waals surface area (Å²) >= 11 is 3.26. The fourth-order valence-electron chi connectivity index (χ4n) is 3.05. The first kappa shape index (κ1) is 17.6. The Kier molecular flexibility index (Phi) is 6.03. The standard InChI is InChI=1S/C18H25N3OS2/c1-13(2)15-12-24-17(20-15)11-21-7-3-5-14(10-21)9-19-18(22)16-6-4-8-23-16/h4,6,8,12-14H,3,5,7,9-11H2,1-2H3,(H,19,22). The Morgan fingerprint density at radius 3 is 3.04 bits per heavy atom. The number of nitrogens with one attached hydrogen (secondary N) is 1. The highest BCUT2D eigenvalue weighted by molar-refractivity contribution is 7.12. The number of piperidine rings is 1. The largest absolute Gasteiger partial charge is 0.351 e. The maximum absolute atomic E-state index is 12.1. The van der Waals surface area contributed by atoms with Gasteiger partial charge in [-0.25, -0.2) is 4.98 Å². The number of hydrogen-bond donors (Lipinski definition) is 1. The number of nitrogens with zero attached hydrogens (tertiary/aromatic N) is 2. The molecule has 3 rings (SSSR count). The fraction of sp³-hybridized carbons (Fsp3) is 0.556. The van der Waals surface area contributed by atoms with E-state index in [1.54, 1.807) is 11.3 Å². The zero-order valence-corrected chi connectivity index (χ0v) is 16.0. The van der Waals surface area contributed by atoms with Crippen LogP contribution >= 0.6 is 22.7 Å². The van der Waals surface area contributed by atoms with Gasteiger partial charge in [-0.15, -0.1) is 22.7 Å². The SMILES string of the molecule is CC(C)c1csc(CN2CCCC(CNC(=O)c3cccs3)C2)n1. The van der Waals surface area contributed by atoms with Crippen LogP contribution in [0, 0.1) is 5.92 Å². The van der Waals surface area contributed by atoms with Gasteiger partial charge in [-0.3, -0.25) is 9.69 Å². The van der Waals surface area contributed by atoms with E-state index in [9.17, 15) is 4.79 Å². The number of carbonyl (C=O) groups is 1. The molecule has 1 aliphatic rings. The van der Waals surface area contributed by atoms with Crippen LogP contribution in [0.3, 0.4) is 0 Å². The zero-order valence-electron chi connectivity index (χ0n) is 14.3. The van der Waals surface area contributed by atoms with E-state index in [1.165, 1.54) is 34.9 Å². The van der Waals surface area contributed by atoms with Gasteiger partial charge in [-0.2, -0.15) is 0 Å². The number of aromatic nitrogens is 1. The molecular formula is C18H25N3OS2. The molecule has 4 nitrogen and oxygen atoms in total. The van der Waals surface area contributed by atoms with E-state index < -0.39 is 0 Å². The average molecular weight is 364 g/mol. The Labute approximate surface area is 151 Å². The lowest BCUT2D eigenvalue weighted by Gasteiger charge is -2.32. The van der Waals surface area contributed by atoms with Crippen LogP contribution in [-0.2, 0) is 6.54 Å². The minimum Gasteiger partial charge on any atom is -0.351 e. The van der Waals surface area contributed by atoms with E-state index in [1.807, 2.05) is 17.5 Å². The van der Waals surface area contributed by atoms with Crippen LogP contribution in [0.25, 0.3) is 0 Å². The van der Waals surface area contributed by atoms with E-state index in [0.29, 0.717) is 11.8 Å². The van der Waals surface area contributed by atoms with Crippen molar-refractivity contribution in [3.8, 4) is 0 Å². The third kappa shape index (κ3) is 4.65. The van der Waals surface area contributed by atoms with Crippen LogP contribution in [0.4, 0.5) is 0 Å². The Hall–Kier alpha value is -1.24. The summed E-state index contributed by atoms with van der Waals surface area (Å²) in [6, 6.07) is 3.79. The zero-order chi connectivity index (χ0) is 16.9. The van der Waals surface area contributed by atoms with Crippen LogP contribution in [0.5, 0.6) is 0 Å². The van der Waals surface area contributed by atoms with E-state index in [-0.39, 0.29) is 5.91 Å².